The van der Waals surface area contributed by atoms with Crippen molar-refractivity contribution < 1.29 is 18.0 Å². The Morgan fingerprint density at radius 3 is 2.30 bits per heavy atom. The van der Waals surface area contributed by atoms with E-state index in [0.29, 0.717) is 10.8 Å². The zero-order valence-electron chi connectivity index (χ0n) is 11.0. The summed E-state index contributed by atoms with van der Waals surface area (Å²) >= 11 is 7.13. The molecule has 1 aromatic carbocycles. The van der Waals surface area contributed by atoms with Crippen molar-refractivity contribution in [2.45, 2.75) is 31.0 Å². The van der Waals surface area contributed by atoms with Gasteiger partial charge in [-0.05, 0) is 30.2 Å². The molecule has 1 amide bonds. The summed E-state index contributed by atoms with van der Waals surface area (Å²) in [5, 5.41) is 2.62. The van der Waals surface area contributed by atoms with Gasteiger partial charge >= 0.3 is 12.1 Å². The molecule has 2 nitrogen and oxygen atoms in total. The lowest BCUT2D eigenvalue weighted by atomic mass is 10.1. The van der Waals surface area contributed by atoms with Crippen LogP contribution >= 0.6 is 23.4 Å². The minimum atomic E-state index is -4.85. The summed E-state index contributed by atoms with van der Waals surface area (Å²) in [6.45, 7) is 3.54. The minimum Gasteiger partial charge on any atom is -0.344 e. The molecule has 0 bridgehead atoms. The maximum atomic E-state index is 12.2. The molecule has 0 fully saturated rings. The molecule has 0 aliphatic heterocycles. The van der Waals surface area contributed by atoms with Gasteiger partial charge < -0.3 is 5.32 Å². The largest absolute Gasteiger partial charge is 0.471 e. The second-order valence-electron chi connectivity index (χ2n) is 4.59. The van der Waals surface area contributed by atoms with Crippen LogP contribution in [0.4, 0.5) is 13.2 Å². The Morgan fingerprint density at radius 2 is 1.85 bits per heavy atom. The van der Waals surface area contributed by atoms with Gasteiger partial charge in [0, 0.05) is 21.7 Å². The molecule has 1 aromatic rings. The number of carbonyl (C=O) groups is 1. The summed E-state index contributed by atoms with van der Waals surface area (Å²) in [5.41, 5.74) is 0. The molecule has 0 aliphatic rings. The van der Waals surface area contributed by atoms with Crippen LogP contribution in [0, 0.1) is 5.92 Å². The molecule has 0 aromatic heterocycles. The fraction of sp³-hybridized carbons (Fsp3) is 0.462. The lowest BCUT2D eigenvalue weighted by Gasteiger charge is -2.22. The van der Waals surface area contributed by atoms with Gasteiger partial charge in [0.05, 0.1) is 0 Å². The van der Waals surface area contributed by atoms with Crippen LogP contribution in [-0.4, -0.2) is 23.9 Å². The topological polar surface area (TPSA) is 29.1 Å². The maximum absolute atomic E-state index is 12.2. The van der Waals surface area contributed by atoms with Crippen molar-refractivity contribution in [1.82, 2.24) is 5.32 Å². The number of nitrogens with one attached hydrogen (secondary N) is 1. The summed E-state index contributed by atoms with van der Waals surface area (Å²) in [6.07, 6.45) is -4.85. The molecule has 0 aliphatic carbocycles. The Balaban J connectivity index is 2.60. The highest BCUT2D eigenvalue weighted by molar-refractivity contribution is 7.99. The van der Waals surface area contributed by atoms with E-state index in [1.807, 2.05) is 5.32 Å². The van der Waals surface area contributed by atoms with Gasteiger partial charge in [0.1, 0.15) is 0 Å². The first kappa shape index (κ1) is 17.2. The molecular formula is C13H15ClF3NOS. The molecule has 1 N–H and O–H groups in total. The molecule has 20 heavy (non-hydrogen) atoms. The molecule has 1 atom stereocenters. The predicted octanol–water partition coefficient (Wildman–Crippen LogP) is 4.14. The Morgan fingerprint density at radius 1 is 1.30 bits per heavy atom. The van der Waals surface area contributed by atoms with Crippen LogP contribution in [0.1, 0.15) is 13.8 Å². The van der Waals surface area contributed by atoms with Gasteiger partial charge in [0.25, 0.3) is 0 Å². The third-order valence-electron chi connectivity index (χ3n) is 2.62. The average molecular weight is 326 g/mol. The van der Waals surface area contributed by atoms with Crippen molar-refractivity contribution in [2.24, 2.45) is 5.92 Å². The lowest BCUT2D eigenvalue weighted by molar-refractivity contribution is -0.174. The zero-order valence-corrected chi connectivity index (χ0v) is 12.6. The number of amides is 1. The van der Waals surface area contributed by atoms with Crippen molar-refractivity contribution in [3.63, 3.8) is 0 Å². The van der Waals surface area contributed by atoms with E-state index < -0.39 is 18.1 Å². The van der Waals surface area contributed by atoms with Crippen LogP contribution in [0.15, 0.2) is 29.2 Å². The second kappa shape index (κ2) is 7.22. The first-order chi connectivity index (χ1) is 9.20. The van der Waals surface area contributed by atoms with E-state index in [9.17, 15) is 18.0 Å². The molecule has 0 saturated heterocycles. The third kappa shape index (κ3) is 5.63. The number of thioether (sulfide) groups is 1. The highest BCUT2D eigenvalue weighted by atomic mass is 35.5. The van der Waals surface area contributed by atoms with Crippen molar-refractivity contribution in [3.05, 3.63) is 29.3 Å². The van der Waals surface area contributed by atoms with Gasteiger partial charge in [-0.2, -0.15) is 13.2 Å². The number of benzene rings is 1. The van der Waals surface area contributed by atoms with E-state index in [1.165, 1.54) is 11.8 Å². The zero-order chi connectivity index (χ0) is 15.3. The number of halogens is 4. The Kier molecular flexibility index (Phi) is 6.20. The molecular weight excluding hydrogens is 311 g/mol. The number of rotatable bonds is 5. The van der Waals surface area contributed by atoms with E-state index in [4.69, 9.17) is 11.6 Å². The Hall–Kier alpha value is -0.880. The molecule has 7 heteroatoms. The lowest BCUT2D eigenvalue weighted by Crippen LogP contribution is -2.46. The van der Waals surface area contributed by atoms with Gasteiger partial charge in [0.15, 0.2) is 0 Å². The van der Waals surface area contributed by atoms with Crippen molar-refractivity contribution in [1.29, 1.82) is 0 Å². The van der Waals surface area contributed by atoms with Crippen LogP contribution in [0.3, 0.4) is 0 Å². The number of carbonyl (C=O) groups excluding carboxylic acids is 1. The smallest absolute Gasteiger partial charge is 0.344 e. The predicted molar refractivity (Wildman–Crippen MR) is 75.0 cm³/mol. The standard InChI is InChI=1S/C13H15ClF3NOS/c1-8(2)11(18-12(19)13(15,16)17)7-20-10-5-3-9(14)4-6-10/h3-6,8,11H,7H2,1-2H3,(H,18,19)/t11-/m1/s1. The van der Waals surface area contributed by atoms with Crippen LogP contribution in [0.2, 0.25) is 5.02 Å². The van der Waals surface area contributed by atoms with E-state index in [0.717, 1.165) is 4.90 Å². The fourth-order valence-electron chi connectivity index (χ4n) is 1.37. The minimum absolute atomic E-state index is 0.0962. The highest BCUT2D eigenvalue weighted by Gasteiger charge is 2.40. The van der Waals surface area contributed by atoms with Gasteiger partial charge in [-0.25, -0.2) is 0 Å². The Bertz CT molecular complexity index is 448. The van der Waals surface area contributed by atoms with Gasteiger partial charge in [-0.3, -0.25) is 4.79 Å². The van der Waals surface area contributed by atoms with Crippen LogP contribution in [0.25, 0.3) is 0 Å². The quantitative estimate of drug-likeness (QED) is 0.825. The molecule has 0 saturated carbocycles. The summed E-state index contributed by atoms with van der Waals surface area (Å²) < 4.78 is 36.7. The van der Waals surface area contributed by atoms with Crippen LogP contribution < -0.4 is 5.32 Å². The first-order valence-corrected chi connectivity index (χ1v) is 7.32. The monoisotopic (exact) mass is 325 g/mol. The van der Waals surface area contributed by atoms with Gasteiger partial charge in [0.2, 0.25) is 0 Å². The Labute approximate surface area is 125 Å². The van der Waals surface area contributed by atoms with Gasteiger partial charge in [-0.1, -0.05) is 25.4 Å². The highest BCUT2D eigenvalue weighted by Crippen LogP contribution is 2.23. The number of hydrogen-bond acceptors (Lipinski definition) is 2. The van der Waals surface area contributed by atoms with E-state index in [1.54, 1.807) is 38.1 Å². The number of hydrogen-bond donors (Lipinski definition) is 1. The summed E-state index contributed by atoms with van der Waals surface area (Å²) in [4.78, 5) is 11.9. The van der Waals surface area contributed by atoms with E-state index in [-0.39, 0.29) is 5.92 Å². The first-order valence-electron chi connectivity index (χ1n) is 5.96. The molecule has 0 heterocycles. The van der Waals surface area contributed by atoms with Crippen molar-refractivity contribution >= 4 is 29.3 Å². The molecule has 112 valence electrons. The van der Waals surface area contributed by atoms with E-state index in [2.05, 4.69) is 0 Å². The molecule has 0 unspecified atom stereocenters. The second-order valence-corrected chi connectivity index (χ2v) is 6.12. The molecule has 0 spiro atoms. The number of alkyl halides is 3. The van der Waals surface area contributed by atoms with Crippen LogP contribution in [0.5, 0.6) is 0 Å². The van der Waals surface area contributed by atoms with Crippen LogP contribution in [-0.2, 0) is 4.79 Å². The van der Waals surface area contributed by atoms with Gasteiger partial charge in [-0.15, -0.1) is 11.8 Å². The average Bonchev–Trinajstić information content (AvgIpc) is 2.34. The van der Waals surface area contributed by atoms with Crippen molar-refractivity contribution in [3.8, 4) is 0 Å². The molecule has 0 radical (unpaired) electrons. The third-order valence-corrected chi connectivity index (χ3v) is 4.01. The molecule has 1 rings (SSSR count). The SMILES string of the molecule is CC(C)[C@@H](CSc1ccc(Cl)cc1)NC(=O)C(F)(F)F. The fourth-order valence-corrected chi connectivity index (χ4v) is 2.66. The summed E-state index contributed by atoms with van der Waals surface area (Å²) in [5.74, 6) is -1.63. The summed E-state index contributed by atoms with van der Waals surface area (Å²) in [6, 6.07) is 6.45. The normalized spacial score (nSPS) is 13.3. The maximum Gasteiger partial charge on any atom is 0.471 e. The van der Waals surface area contributed by atoms with E-state index >= 15 is 0 Å². The van der Waals surface area contributed by atoms with Crippen molar-refractivity contribution in [2.75, 3.05) is 5.75 Å². The summed E-state index contributed by atoms with van der Waals surface area (Å²) in [7, 11) is 0.